The van der Waals surface area contributed by atoms with Crippen molar-refractivity contribution >= 4 is 0 Å². The molecule has 4 nitrogen and oxygen atoms in total. The highest BCUT2D eigenvalue weighted by Crippen LogP contribution is 2.01. The quantitative estimate of drug-likeness (QED) is 0.313. The van der Waals surface area contributed by atoms with E-state index in [4.69, 9.17) is 10.2 Å². The Hall–Kier alpha value is -0.420. The molecule has 0 atom stereocenters. The van der Waals surface area contributed by atoms with Crippen molar-refractivity contribution in [3.8, 4) is 0 Å². The van der Waals surface area contributed by atoms with Crippen LogP contribution in [0.15, 0.2) is 12.7 Å². The lowest BCUT2D eigenvalue weighted by Crippen LogP contribution is -2.46. The van der Waals surface area contributed by atoms with Crippen molar-refractivity contribution in [2.24, 2.45) is 0 Å². The van der Waals surface area contributed by atoms with Gasteiger partial charge in [-0.3, -0.25) is 0 Å². The highest BCUT2D eigenvalue weighted by atomic mass is 16.5. The molecule has 2 N–H and O–H groups in total. The van der Waals surface area contributed by atoms with Crippen LogP contribution in [0.5, 0.6) is 0 Å². The van der Waals surface area contributed by atoms with Crippen LogP contribution in [0.3, 0.4) is 0 Å². The zero-order valence-electron chi connectivity index (χ0n) is 6.57. The predicted molar refractivity (Wildman–Crippen MR) is 42.6 cm³/mol. The van der Waals surface area contributed by atoms with Gasteiger partial charge in [0.1, 0.15) is 13.1 Å². The average Bonchev–Trinajstić information content (AvgIpc) is 1.88. The van der Waals surface area contributed by atoms with Gasteiger partial charge in [-0.2, -0.15) is 0 Å². The Kier molecular flexibility index (Phi) is 5.06. The molecule has 0 aromatic rings. The third kappa shape index (κ3) is 4.10. The van der Waals surface area contributed by atoms with Crippen LogP contribution in [0.2, 0.25) is 0 Å². The highest BCUT2D eigenvalue weighted by Gasteiger charge is 2.12. The molecular formula is C7H15NO3. The summed E-state index contributed by atoms with van der Waals surface area (Å²) < 4.78 is -0.587. The van der Waals surface area contributed by atoms with E-state index in [1.807, 2.05) is 0 Å². The normalized spacial score (nSPS) is 11.5. The Morgan fingerprint density at radius 3 is 2.00 bits per heavy atom. The molecule has 0 aromatic carbocycles. The Morgan fingerprint density at radius 1 is 1.27 bits per heavy atom. The molecule has 0 unspecified atom stereocenters. The SMILES string of the molecule is C=CC[N+]([O-])(CCO)CCO. The van der Waals surface area contributed by atoms with Crippen molar-refractivity contribution in [3.05, 3.63) is 17.9 Å². The summed E-state index contributed by atoms with van der Waals surface area (Å²) in [4.78, 5) is 0. The van der Waals surface area contributed by atoms with Gasteiger partial charge in [0.15, 0.2) is 0 Å². The monoisotopic (exact) mass is 161 g/mol. The van der Waals surface area contributed by atoms with Crippen LogP contribution in [0.4, 0.5) is 0 Å². The topological polar surface area (TPSA) is 63.5 Å². The van der Waals surface area contributed by atoms with E-state index < -0.39 is 4.65 Å². The molecule has 0 amide bonds. The fraction of sp³-hybridized carbons (Fsp3) is 0.714. The fourth-order valence-corrected chi connectivity index (χ4v) is 0.894. The number of quaternary nitrogens is 1. The molecular weight excluding hydrogens is 146 g/mol. The van der Waals surface area contributed by atoms with Gasteiger partial charge in [0.25, 0.3) is 0 Å². The number of hydroxylamine groups is 3. The van der Waals surface area contributed by atoms with Crippen LogP contribution < -0.4 is 0 Å². The van der Waals surface area contributed by atoms with Crippen molar-refractivity contribution in [3.63, 3.8) is 0 Å². The molecule has 4 heteroatoms. The van der Waals surface area contributed by atoms with Gasteiger partial charge in [0.2, 0.25) is 0 Å². The Bertz CT molecular complexity index is 110. The van der Waals surface area contributed by atoms with Gasteiger partial charge < -0.3 is 20.1 Å². The molecule has 0 saturated carbocycles. The van der Waals surface area contributed by atoms with Gasteiger partial charge >= 0.3 is 0 Å². The van der Waals surface area contributed by atoms with Gasteiger partial charge in [-0.05, 0) is 6.08 Å². The van der Waals surface area contributed by atoms with Crippen LogP contribution in [-0.4, -0.2) is 47.7 Å². The van der Waals surface area contributed by atoms with Crippen LogP contribution in [0.1, 0.15) is 0 Å². The Balaban J connectivity index is 3.88. The number of aliphatic hydroxyl groups is 2. The van der Waals surface area contributed by atoms with E-state index >= 15 is 0 Å². The molecule has 0 spiro atoms. The van der Waals surface area contributed by atoms with Gasteiger partial charge in [0, 0.05) is 0 Å². The zero-order chi connectivity index (χ0) is 8.74. The minimum atomic E-state index is -0.587. The van der Waals surface area contributed by atoms with Gasteiger partial charge in [0.05, 0.1) is 19.8 Å². The van der Waals surface area contributed by atoms with Crippen molar-refractivity contribution in [1.29, 1.82) is 0 Å². The molecule has 0 heterocycles. The van der Waals surface area contributed by atoms with Gasteiger partial charge in [-0.1, -0.05) is 6.58 Å². The number of aliphatic hydroxyl groups excluding tert-OH is 2. The van der Waals surface area contributed by atoms with E-state index in [-0.39, 0.29) is 32.8 Å². The third-order valence-corrected chi connectivity index (χ3v) is 1.48. The molecule has 0 rings (SSSR count). The first kappa shape index (κ1) is 10.6. The van der Waals surface area contributed by atoms with Crippen LogP contribution in [0.25, 0.3) is 0 Å². The van der Waals surface area contributed by atoms with Crippen LogP contribution >= 0.6 is 0 Å². The second kappa shape index (κ2) is 5.26. The van der Waals surface area contributed by atoms with E-state index in [0.717, 1.165) is 0 Å². The summed E-state index contributed by atoms with van der Waals surface area (Å²) >= 11 is 0. The molecule has 0 aliphatic rings. The first-order chi connectivity index (χ1) is 5.18. The maximum Gasteiger partial charge on any atom is 0.102 e. The van der Waals surface area contributed by atoms with Crippen LogP contribution in [0, 0.1) is 5.21 Å². The van der Waals surface area contributed by atoms with E-state index in [9.17, 15) is 5.21 Å². The van der Waals surface area contributed by atoms with Crippen molar-refractivity contribution in [2.75, 3.05) is 32.8 Å². The number of rotatable bonds is 6. The summed E-state index contributed by atoms with van der Waals surface area (Å²) in [6, 6.07) is 0. The van der Waals surface area contributed by atoms with Crippen molar-refractivity contribution in [2.45, 2.75) is 0 Å². The summed E-state index contributed by atoms with van der Waals surface area (Å²) in [5.41, 5.74) is 0. The summed E-state index contributed by atoms with van der Waals surface area (Å²) in [5.74, 6) is 0. The average molecular weight is 161 g/mol. The van der Waals surface area contributed by atoms with Gasteiger partial charge in [-0.25, -0.2) is 0 Å². The predicted octanol–water partition coefficient (Wildman–Crippen LogP) is -0.528. The van der Waals surface area contributed by atoms with Crippen LogP contribution in [-0.2, 0) is 0 Å². The molecule has 0 fully saturated rings. The molecule has 0 aliphatic carbocycles. The van der Waals surface area contributed by atoms with E-state index in [1.165, 1.54) is 6.08 Å². The molecule has 0 radical (unpaired) electrons. The first-order valence-corrected chi connectivity index (χ1v) is 3.58. The lowest BCUT2D eigenvalue weighted by atomic mass is 10.4. The number of hydrogen-bond acceptors (Lipinski definition) is 3. The number of hydrogen-bond donors (Lipinski definition) is 2. The largest absolute Gasteiger partial charge is 0.632 e. The molecule has 0 bridgehead atoms. The fourth-order valence-electron chi connectivity index (χ4n) is 0.894. The Morgan fingerprint density at radius 2 is 1.73 bits per heavy atom. The van der Waals surface area contributed by atoms with Crippen molar-refractivity contribution < 1.29 is 14.9 Å². The summed E-state index contributed by atoms with van der Waals surface area (Å²) in [7, 11) is 0. The maximum atomic E-state index is 11.4. The van der Waals surface area contributed by atoms with Gasteiger partial charge in [-0.15, -0.1) is 0 Å². The number of nitrogens with zero attached hydrogens (tertiary/aromatic N) is 1. The molecule has 0 saturated heterocycles. The van der Waals surface area contributed by atoms with E-state index in [1.54, 1.807) is 0 Å². The first-order valence-electron chi connectivity index (χ1n) is 3.58. The van der Waals surface area contributed by atoms with Crippen molar-refractivity contribution in [1.82, 2.24) is 0 Å². The molecule has 0 aliphatic heterocycles. The maximum absolute atomic E-state index is 11.4. The molecule has 11 heavy (non-hydrogen) atoms. The third-order valence-electron chi connectivity index (χ3n) is 1.48. The smallest absolute Gasteiger partial charge is 0.102 e. The summed E-state index contributed by atoms with van der Waals surface area (Å²) in [5, 5.41) is 28.5. The minimum absolute atomic E-state index is 0.118. The molecule has 0 aromatic heterocycles. The second-order valence-electron chi connectivity index (χ2n) is 2.42. The lowest BCUT2D eigenvalue weighted by Gasteiger charge is -2.40. The summed E-state index contributed by atoms with van der Waals surface area (Å²) in [6.07, 6.45) is 1.50. The second-order valence-corrected chi connectivity index (χ2v) is 2.42. The van der Waals surface area contributed by atoms with E-state index in [2.05, 4.69) is 6.58 Å². The minimum Gasteiger partial charge on any atom is -0.632 e. The standard InChI is InChI=1S/C7H15NO3/c1-2-3-8(11,4-6-9)5-7-10/h2,9-10H,1,3-7H2. The Labute approximate surface area is 66.5 Å². The van der Waals surface area contributed by atoms with E-state index in [0.29, 0.717) is 0 Å². The highest BCUT2D eigenvalue weighted by molar-refractivity contribution is 4.66. The molecule has 66 valence electrons. The zero-order valence-corrected chi connectivity index (χ0v) is 6.57. The summed E-state index contributed by atoms with van der Waals surface area (Å²) in [6.45, 7) is 3.59. The lowest BCUT2D eigenvalue weighted by molar-refractivity contribution is -0.875.